The molecule has 0 aromatic carbocycles. The lowest BCUT2D eigenvalue weighted by atomic mass is 10.1. The van der Waals surface area contributed by atoms with Crippen LogP contribution < -0.4 is 10.6 Å². The number of amides is 2. The number of halogens is 1. The molecule has 106 valence electrons. The molecule has 1 aliphatic rings. The third kappa shape index (κ3) is 3.02. The molecular formula is C11H11ClN4O4. The summed E-state index contributed by atoms with van der Waals surface area (Å²) in [6.45, 7) is 0.303. The molecule has 2 N–H and O–H groups in total. The Hall–Kier alpha value is -2.22. The van der Waals surface area contributed by atoms with E-state index in [1.54, 1.807) is 0 Å². The molecule has 0 radical (unpaired) electrons. The molecule has 2 heterocycles. The number of nitrogens with zero attached hydrogens (tertiary/aromatic N) is 2. The predicted molar refractivity (Wildman–Crippen MR) is 69.4 cm³/mol. The summed E-state index contributed by atoms with van der Waals surface area (Å²) < 4.78 is 0. The molecule has 1 saturated heterocycles. The first kappa shape index (κ1) is 14.2. The van der Waals surface area contributed by atoms with Gasteiger partial charge in [-0.15, -0.1) is 0 Å². The highest BCUT2D eigenvalue weighted by Crippen LogP contribution is 2.26. The topological polar surface area (TPSA) is 114 Å². The Labute approximate surface area is 118 Å². The van der Waals surface area contributed by atoms with Crippen molar-refractivity contribution in [2.45, 2.75) is 18.9 Å². The minimum absolute atomic E-state index is 0.0755. The van der Waals surface area contributed by atoms with E-state index >= 15 is 0 Å². The standard InChI is InChI=1S/C11H11ClN4O4/c12-10-9(16(19)20)7(3-4-13-10)11(18)15-6-1-2-8(17)14-5-6/h3-4,6H,1-2,5H2,(H,14,17)(H,15,18). The molecule has 1 aliphatic heterocycles. The maximum atomic E-state index is 12.1. The largest absolute Gasteiger partial charge is 0.354 e. The molecule has 1 atom stereocenters. The molecule has 8 nitrogen and oxygen atoms in total. The van der Waals surface area contributed by atoms with Crippen molar-refractivity contribution in [3.8, 4) is 0 Å². The second-order valence-electron chi connectivity index (χ2n) is 4.27. The Morgan fingerprint density at radius 3 is 2.95 bits per heavy atom. The van der Waals surface area contributed by atoms with E-state index in [9.17, 15) is 19.7 Å². The minimum Gasteiger partial charge on any atom is -0.354 e. The van der Waals surface area contributed by atoms with Crippen LogP contribution in [0.4, 0.5) is 5.69 Å². The van der Waals surface area contributed by atoms with Gasteiger partial charge in [-0.25, -0.2) is 4.98 Å². The van der Waals surface area contributed by atoms with E-state index in [0.29, 0.717) is 19.4 Å². The fraction of sp³-hybridized carbons (Fsp3) is 0.364. The number of pyridine rings is 1. The smallest absolute Gasteiger partial charge is 0.319 e. The fourth-order valence-electron chi connectivity index (χ4n) is 1.90. The van der Waals surface area contributed by atoms with E-state index in [2.05, 4.69) is 15.6 Å². The summed E-state index contributed by atoms with van der Waals surface area (Å²) in [5.74, 6) is -0.685. The quantitative estimate of drug-likeness (QED) is 0.483. The molecule has 1 unspecified atom stereocenters. The second-order valence-corrected chi connectivity index (χ2v) is 4.63. The van der Waals surface area contributed by atoms with E-state index in [0.717, 1.165) is 0 Å². The Bertz CT molecular complexity index is 568. The first-order valence-corrected chi connectivity index (χ1v) is 6.23. The summed E-state index contributed by atoms with van der Waals surface area (Å²) in [6.07, 6.45) is 2.03. The van der Waals surface area contributed by atoms with Crippen molar-refractivity contribution in [2.24, 2.45) is 0 Å². The number of piperidine rings is 1. The lowest BCUT2D eigenvalue weighted by Gasteiger charge is -2.23. The monoisotopic (exact) mass is 298 g/mol. The van der Waals surface area contributed by atoms with Gasteiger partial charge < -0.3 is 10.6 Å². The van der Waals surface area contributed by atoms with Gasteiger partial charge in [0.15, 0.2) is 0 Å². The van der Waals surface area contributed by atoms with Gasteiger partial charge in [-0.3, -0.25) is 19.7 Å². The molecule has 0 saturated carbocycles. The van der Waals surface area contributed by atoms with Crippen molar-refractivity contribution in [1.29, 1.82) is 0 Å². The third-order valence-electron chi connectivity index (χ3n) is 2.91. The Kier molecular flexibility index (Phi) is 4.14. The van der Waals surface area contributed by atoms with Crippen LogP contribution in [-0.4, -0.2) is 34.3 Å². The SMILES string of the molecule is O=C1CCC(NC(=O)c2ccnc(Cl)c2[N+](=O)[O-])CN1. The fourth-order valence-corrected chi connectivity index (χ4v) is 2.13. The van der Waals surface area contributed by atoms with Gasteiger partial charge in [-0.05, 0) is 12.5 Å². The molecule has 2 amide bonds. The van der Waals surface area contributed by atoms with Crippen LogP contribution in [0.25, 0.3) is 0 Å². The highest BCUT2D eigenvalue weighted by molar-refractivity contribution is 6.32. The van der Waals surface area contributed by atoms with Gasteiger partial charge >= 0.3 is 5.69 Å². The van der Waals surface area contributed by atoms with Crippen LogP contribution in [0, 0.1) is 10.1 Å². The molecule has 1 fully saturated rings. The Morgan fingerprint density at radius 2 is 2.35 bits per heavy atom. The van der Waals surface area contributed by atoms with Gasteiger partial charge in [-0.1, -0.05) is 11.6 Å². The van der Waals surface area contributed by atoms with Crippen molar-refractivity contribution < 1.29 is 14.5 Å². The number of carbonyl (C=O) groups excluding carboxylic acids is 2. The van der Waals surface area contributed by atoms with Gasteiger partial charge in [0.1, 0.15) is 5.56 Å². The van der Waals surface area contributed by atoms with Crippen molar-refractivity contribution in [3.63, 3.8) is 0 Å². The van der Waals surface area contributed by atoms with Crippen LogP contribution in [0.2, 0.25) is 5.15 Å². The summed E-state index contributed by atoms with van der Waals surface area (Å²) in [5, 5.41) is 15.8. The molecule has 0 bridgehead atoms. The average Bonchev–Trinajstić information content (AvgIpc) is 2.40. The zero-order valence-electron chi connectivity index (χ0n) is 10.3. The Balaban J connectivity index is 2.15. The highest BCUT2D eigenvalue weighted by atomic mass is 35.5. The summed E-state index contributed by atoms with van der Waals surface area (Å²) in [6, 6.07) is 0.979. The zero-order valence-corrected chi connectivity index (χ0v) is 11.0. The maximum absolute atomic E-state index is 12.1. The van der Waals surface area contributed by atoms with Crippen LogP contribution in [0.3, 0.4) is 0 Å². The van der Waals surface area contributed by atoms with Gasteiger partial charge in [0.2, 0.25) is 11.1 Å². The Morgan fingerprint density at radius 1 is 1.60 bits per heavy atom. The number of nitro groups is 1. The number of hydrogen-bond donors (Lipinski definition) is 2. The van der Waals surface area contributed by atoms with Crippen LogP contribution in [0.15, 0.2) is 12.3 Å². The first-order chi connectivity index (χ1) is 9.49. The van der Waals surface area contributed by atoms with Crippen molar-refractivity contribution >= 4 is 29.1 Å². The summed E-state index contributed by atoms with van der Waals surface area (Å²) in [5.41, 5.74) is -0.668. The second kappa shape index (κ2) is 5.83. The zero-order chi connectivity index (χ0) is 14.7. The number of nitrogens with one attached hydrogen (secondary N) is 2. The normalized spacial score (nSPS) is 18.2. The van der Waals surface area contributed by atoms with Crippen molar-refractivity contribution in [3.05, 3.63) is 33.1 Å². The van der Waals surface area contributed by atoms with Gasteiger partial charge in [0.05, 0.1) is 4.92 Å². The highest BCUT2D eigenvalue weighted by Gasteiger charge is 2.27. The maximum Gasteiger partial charge on any atom is 0.319 e. The molecule has 0 spiro atoms. The van der Waals surface area contributed by atoms with E-state index in [1.807, 2.05) is 0 Å². The van der Waals surface area contributed by atoms with Gasteiger partial charge in [0, 0.05) is 25.2 Å². The van der Waals surface area contributed by atoms with E-state index in [-0.39, 0.29) is 22.7 Å². The lowest BCUT2D eigenvalue weighted by molar-refractivity contribution is -0.385. The van der Waals surface area contributed by atoms with Gasteiger partial charge in [-0.2, -0.15) is 0 Å². The minimum atomic E-state index is -0.743. The van der Waals surface area contributed by atoms with Crippen molar-refractivity contribution in [2.75, 3.05) is 6.54 Å². The number of aromatic nitrogens is 1. The number of hydrogen-bond acceptors (Lipinski definition) is 5. The van der Waals surface area contributed by atoms with Crippen LogP contribution in [0.5, 0.6) is 0 Å². The molecule has 20 heavy (non-hydrogen) atoms. The van der Waals surface area contributed by atoms with E-state index < -0.39 is 16.5 Å². The lowest BCUT2D eigenvalue weighted by Crippen LogP contribution is -2.47. The molecular weight excluding hydrogens is 288 g/mol. The molecule has 2 rings (SSSR count). The summed E-state index contributed by atoms with van der Waals surface area (Å²) in [7, 11) is 0. The summed E-state index contributed by atoms with van der Waals surface area (Å²) in [4.78, 5) is 36.8. The molecule has 0 aliphatic carbocycles. The number of rotatable bonds is 3. The first-order valence-electron chi connectivity index (χ1n) is 5.85. The van der Waals surface area contributed by atoms with E-state index in [1.165, 1.54) is 12.3 Å². The average molecular weight is 299 g/mol. The van der Waals surface area contributed by atoms with Crippen LogP contribution >= 0.6 is 11.6 Å². The van der Waals surface area contributed by atoms with E-state index in [4.69, 9.17) is 11.6 Å². The molecule has 1 aromatic rings. The molecule has 1 aromatic heterocycles. The van der Waals surface area contributed by atoms with Crippen LogP contribution in [0.1, 0.15) is 23.2 Å². The molecule has 9 heteroatoms. The predicted octanol–water partition coefficient (Wildman–Crippen LogP) is 0.652. The van der Waals surface area contributed by atoms with Gasteiger partial charge in [0.25, 0.3) is 5.91 Å². The summed E-state index contributed by atoms with van der Waals surface area (Å²) >= 11 is 5.64. The third-order valence-corrected chi connectivity index (χ3v) is 3.18. The van der Waals surface area contributed by atoms with Crippen LogP contribution in [-0.2, 0) is 4.79 Å². The van der Waals surface area contributed by atoms with Crippen molar-refractivity contribution in [1.82, 2.24) is 15.6 Å². The number of carbonyl (C=O) groups is 2.